The van der Waals surface area contributed by atoms with E-state index in [1.165, 1.54) is 12.1 Å². The van der Waals surface area contributed by atoms with E-state index >= 15 is 0 Å². The Morgan fingerprint density at radius 3 is 2.62 bits per heavy atom. The number of ether oxygens (including phenoxy) is 1. The predicted molar refractivity (Wildman–Crippen MR) is 99.2 cm³/mol. The number of primary sulfonamides is 1. The number of hydrogen-bond acceptors (Lipinski definition) is 5. The molecule has 26 heavy (non-hydrogen) atoms. The van der Waals surface area contributed by atoms with Crippen molar-refractivity contribution < 1.29 is 18.3 Å². The molecule has 138 valence electrons. The van der Waals surface area contributed by atoms with E-state index in [9.17, 15) is 13.5 Å². The van der Waals surface area contributed by atoms with Gasteiger partial charge in [-0.2, -0.15) is 0 Å². The molecule has 0 saturated heterocycles. The molecule has 0 radical (unpaired) electrons. The van der Waals surface area contributed by atoms with Crippen LogP contribution in [0.4, 0.5) is 0 Å². The van der Waals surface area contributed by atoms with Crippen molar-refractivity contribution in [1.82, 2.24) is 5.32 Å². The van der Waals surface area contributed by atoms with Gasteiger partial charge in [-0.3, -0.25) is 0 Å². The second-order valence-corrected chi connectivity index (χ2v) is 7.93. The zero-order valence-corrected chi connectivity index (χ0v) is 15.3. The highest BCUT2D eigenvalue weighted by molar-refractivity contribution is 7.89. The Labute approximate surface area is 153 Å². The number of aliphatic hydroxyl groups is 1. The van der Waals surface area contributed by atoms with Crippen molar-refractivity contribution >= 4 is 10.0 Å². The Morgan fingerprint density at radius 2 is 1.92 bits per heavy atom. The third-order valence-electron chi connectivity index (χ3n) is 4.32. The number of fused-ring (bicyclic) bond motifs is 1. The van der Waals surface area contributed by atoms with Crippen LogP contribution < -0.4 is 15.2 Å². The summed E-state index contributed by atoms with van der Waals surface area (Å²) in [6.07, 6.45) is 1.64. The van der Waals surface area contributed by atoms with Crippen LogP contribution in [0.3, 0.4) is 0 Å². The van der Waals surface area contributed by atoms with Crippen LogP contribution in [0.5, 0.6) is 5.75 Å². The molecule has 2 aromatic rings. The van der Waals surface area contributed by atoms with E-state index in [1.807, 2.05) is 25.1 Å². The minimum Gasteiger partial charge on any atom is -0.464 e. The lowest BCUT2D eigenvalue weighted by Crippen LogP contribution is -2.24. The van der Waals surface area contributed by atoms with Gasteiger partial charge >= 0.3 is 0 Å². The van der Waals surface area contributed by atoms with E-state index in [4.69, 9.17) is 9.88 Å². The Kier molecular flexibility index (Phi) is 5.43. The van der Waals surface area contributed by atoms with Crippen LogP contribution in [-0.2, 0) is 16.4 Å². The van der Waals surface area contributed by atoms with Gasteiger partial charge in [0.1, 0.15) is 11.9 Å². The molecule has 0 spiro atoms. The van der Waals surface area contributed by atoms with Gasteiger partial charge in [-0.1, -0.05) is 23.8 Å². The molecule has 1 heterocycles. The predicted octanol–water partition coefficient (Wildman–Crippen LogP) is 1.78. The summed E-state index contributed by atoms with van der Waals surface area (Å²) in [4.78, 5) is 0.107. The molecule has 1 aliphatic rings. The summed E-state index contributed by atoms with van der Waals surface area (Å²) < 4.78 is 28.1. The van der Waals surface area contributed by atoms with E-state index in [2.05, 4.69) is 5.32 Å². The fourth-order valence-corrected chi connectivity index (χ4v) is 3.36. The summed E-state index contributed by atoms with van der Waals surface area (Å²) in [7, 11) is -3.66. The van der Waals surface area contributed by atoms with Crippen molar-refractivity contribution in [3.05, 3.63) is 71.0 Å². The van der Waals surface area contributed by atoms with Crippen molar-refractivity contribution in [2.24, 2.45) is 5.14 Å². The highest BCUT2D eigenvalue weighted by Gasteiger charge is 2.22. The summed E-state index contributed by atoms with van der Waals surface area (Å²) in [5, 5.41) is 18.9. The van der Waals surface area contributed by atoms with Crippen LogP contribution in [0.2, 0.25) is 0 Å². The minimum absolute atomic E-state index is 0.107. The first-order valence-electron chi connectivity index (χ1n) is 8.31. The van der Waals surface area contributed by atoms with Gasteiger partial charge in [0.25, 0.3) is 0 Å². The minimum atomic E-state index is -3.66. The van der Waals surface area contributed by atoms with Crippen molar-refractivity contribution in [3.8, 4) is 5.75 Å². The number of aliphatic hydroxyl groups excluding tert-OH is 1. The maximum atomic E-state index is 11.2. The van der Waals surface area contributed by atoms with Crippen LogP contribution in [0.1, 0.15) is 22.8 Å². The van der Waals surface area contributed by atoms with Crippen molar-refractivity contribution in [2.45, 2.75) is 24.3 Å². The second-order valence-electron chi connectivity index (χ2n) is 6.37. The Balaban J connectivity index is 1.52. The molecule has 0 saturated carbocycles. The molecule has 6 nitrogen and oxygen atoms in total. The molecule has 0 bridgehead atoms. The fraction of sp³-hybridized carbons (Fsp3) is 0.263. The SMILES string of the molecule is Cc1ccc2c(c1)C(O)C(CNCCc1ccc(S(N)(=O)=O)cc1)=CO2. The first kappa shape index (κ1) is 18.6. The third kappa shape index (κ3) is 4.31. The molecule has 0 amide bonds. The summed E-state index contributed by atoms with van der Waals surface area (Å²) >= 11 is 0. The zero-order valence-electron chi connectivity index (χ0n) is 14.5. The van der Waals surface area contributed by atoms with Crippen molar-refractivity contribution in [3.63, 3.8) is 0 Å². The van der Waals surface area contributed by atoms with E-state index in [-0.39, 0.29) is 4.90 Å². The average Bonchev–Trinajstić information content (AvgIpc) is 2.60. The number of benzene rings is 2. The van der Waals surface area contributed by atoms with Crippen LogP contribution >= 0.6 is 0 Å². The number of aryl methyl sites for hydroxylation is 1. The molecule has 0 aliphatic carbocycles. The summed E-state index contributed by atoms with van der Waals surface area (Å²) in [5.41, 5.74) is 3.62. The van der Waals surface area contributed by atoms with Gasteiger partial charge in [0.15, 0.2) is 0 Å². The highest BCUT2D eigenvalue weighted by atomic mass is 32.2. The van der Waals surface area contributed by atoms with E-state index in [0.29, 0.717) is 18.8 Å². The first-order chi connectivity index (χ1) is 12.3. The van der Waals surface area contributed by atoms with Crippen LogP contribution in [-0.4, -0.2) is 26.6 Å². The van der Waals surface area contributed by atoms with E-state index < -0.39 is 16.1 Å². The molecule has 3 rings (SSSR count). The molecular weight excluding hydrogens is 352 g/mol. The zero-order chi connectivity index (χ0) is 18.7. The monoisotopic (exact) mass is 374 g/mol. The number of hydrogen-bond donors (Lipinski definition) is 3. The second kappa shape index (κ2) is 7.59. The van der Waals surface area contributed by atoms with Gasteiger partial charge in [-0.05, 0) is 49.7 Å². The molecule has 0 aromatic heterocycles. The average molecular weight is 374 g/mol. The third-order valence-corrected chi connectivity index (χ3v) is 5.25. The lowest BCUT2D eigenvalue weighted by molar-refractivity contribution is 0.195. The highest BCUT2D eigenvalue weighted by Crippen LogP contribution is 2.34. The lowest BCUT2D eigenvalue weighted by Gasteiger charge is -2.23. The standard InChI is InChI=1S/C19H22N2O4S/c1-13-2-7-18-17(10-13)19(22)15(12-25-18)11-21-9-8-14-3-5-16(6-4-14)26(20,23)24/h2-7,10,12,19,21-22H,8-9,11H2,1H3,(H2,20,23,24). The van der Waals surface area contributed by atoms with Gasteiger partial charge < -0.3 is 15.2 Å². The van der Waals surface area contributed by atoms with Crippen LogP contribution in [0.25, 0.3) is 0 Å². The molecule has 7 heteroatoms. The lowest BCUT2D eigenvalue weighted by atomic mass is 9.98. The normalized spacial score (nSPS) is 16.6. The molecule has 0 fully saturated rings. The molecule has 1 aliphatic heterocycles. The Morgan fingerprint density at radius 1 is 1.19 bits per heavy atom. The summed E-state index contributed by atoms with van der Waals surface area (Å²) in [6.45, 7) is 3.16. The van der Waals surface area contributed by atoms with Gasteiger partial charge in [0.2, 0.25) is 10.0 Å². The number of rotatable bonds is 6. The molecule has 4 N–H and O–H groups in total. The van der Waals surface area contributed by atoms with Gasteiger partial charge in [-0.15, -0.1) is 0 Å². The Bertz CT molecular complexity index is 921. The number of nitrogens with one attached hydrogen (secondary N) is 1. The van der Waals surface area contributed by atoms with Gasteiger partial charge in [0.05, 0.1) is 11.2 Å². The van der Waals surface area contributed by atoms with Crippen molar-refractivity contribution in [2.75, 3.05) is 13.1 Å². The summed E-state index contributed by atoms with van der Waals surface area (Å²) in [5.74, 6) is 0.682. The van der Waals surface area contributed by atoms with E-state index in [1.54, 1.807) is 18.4 Å². The smallest absolute Gasteiger partial charge is 0.238 e. The largest absolute Gasteiger partial charge is 0.464 e. The fourth-order valence-electron chi connectivity index (χ4n) is 2.84. The van der Waals surface area contributed by atoms with E-state index in [0.717, 1.165) is 28.7 Å². The van der Waals surface area contributed by atoms with Gasteiger partial charge in [0, 0.05) is 17.7 Å². The summed E-state index contributed by atoms with van der Waals surface area (Å²) in [6, 6.07) is 12.2. The van der Waals surface area contributed by atoms with Crippen LogP contribution in [0, 0.1) is 6.92 Å². The molecule has 1 atom stereocenters. The topological polar surface area (TPSA) is 102 Å². The van der Waals surface area contributed by atoms with Crippen molar-refractivity contribution in [1.29, 1.82) is 0 Å². The van der Waals surface area contributed by atoms with Crippen LogP contribution in [0.15, 0.2) is 59.2 Å². The Hall–Kier alpha value is -2.19. The quantitative estimate of drug-likeness (QED) is 0.669. The van der Waals surface area contributed by atoms with Gasteiger partial charge in [-0.25, -0.2) is 13.6 Å². The maximum Gasteiger partial charge on any atom is 0.238 e. The molecular formula is C19H22N2O4S. The number of nitrogens with two attached hydrogens (primary N) is 1. The molecule has 1 unspecified atom stereocenters. The maximum absolute atomic E-state index is 11.2. The number of sulfonamides is 1. The molecule has 2 aromatic carbocycles. The first-order valence-corrected chi connectivity index (χ1v) is 9.86.